The molecule has 0 aromatic rings. The third kappa shape index (κ3) is 107. The van der Waals surface area contributed by atoms with E-state index in [0.717, 1.165) is 7.11 Å². The first-order chi connectivity index (χ1) is 2.41. The fourth-order valence-electron chi connectivity index (χ4n) is 0. The van der Waals surface area contributed by atoms with Crippen LogP contribution in [-0.4, -0.2) is 13.6 Å². The number of rotatable bonds is 0. The first kappa shape index (κ1) is 23.7. The van der Waals surface area contributed by atoms with Gasteiger partial charge in [-0.05, 0) is 0 Å². The molecule has 0 aromatic heterocycles. The molecule has 0 aliphatic rings. The summed E-state index contributed by atoms with van der Waals surface area (Å²) in [6, 6.07) is 0. The smallest absolute Gasteiger partial charge is 0.857 e. The van der Waals surface area contributed by atoms with Crippen molar-refractivity contribution in [1.82, 2.24) is 0 Å². The van der Waals surface area contributed by atoms with E-state index in [9.17, 15) is 0 Å². The summed E-state index contributed by atoms with van der Waals surface area (Å²) in [6.07, 6.45) is 0. The van der Waals surface area contributed by atoms with Crippen LogP contribution in [0.25, 0.3) is 0 Å². The molecule has 32 valence electrons. The average molecular weight is 122 g/mol. The minimum atomic E-state index is -0.500. The quantitative estimate of drug-likeness (QED) is 0.237. The zero-order chi connectivity index (χ0) is 4.71. The van der Waals surface area contributed by atoms with Crippen molar-refractivity contribution in [2.45, 2.75) is 0 Å². The molecule has 0 unspecified atom stereocenters. The van der Waals surface area contributed by atoms with Crippen molar-refractivity contribution in [2.24, 2.45) is 0 Å². The summed E-state index contributed by atoms with van der Waals surface area (Å²) in [5.41, 5.74) is 0. The minimum absolute atomic E-state index is 0. The van der Waals surface area contributed by atoms with E-state index in [2.05, 4.69) is 0 Å². The topological polar surface area (TPSA) is 63.2 Å². The minimum Gasteiger partial charge on any atom is -0.857 e. The molecule has 0 aliphatic carbocycles. The van der Waals surface area contributed by atoms with E-state index in [4.69, 9.17) is 15.0 Å². The van der Waals surface area contributed by atoms with Crippen LogP contribution in [-0.2, 0) is 4.79 Å². The van der Waals surface area contributed by atoms with Gasteiger partial charge in [-0.1, -0.05) is 0 Å². The van der Waals surface area contributed by atoms with Crippen LogP contribution < -0.4 is 69.3 Å². The first-order valence-electron chi connectivity index (χ1n) is 0.880. The number of carbonyl (C=O) groups excluding carboxylic acids is 1. The van der Waals surface area contributed by atoms with Crippen LogP contribution in [0.15, 0.2) is 0 Å². The molecule has 0 atom stereocenters. The summed E-state index contributed by atoms with van der Waals surface area (Å²) < 4.78 is 0. The van der Waals surface area contributed by atoms with Crippen LogP contribution in [0.5, 0.6) is 0 Å². The van der Waals surface area contributed by atoms with Crippen molar-refractivity contribution in [2.75, 3.05) is 7.11 Å². The van der Waals surface area contributed by atoms with E-state index in [0.29, 0.717) is 0 Å². The van der Waals surface area contributed by atoms with Gasteiger partial charge in [-0.2, -0.15) is 7.11 Å². The van der Waals surface area contributed by atoms with E-state index in [-0.39, 0.29) is 59.1 Å². The average Bonchev–Trinajstić information content (AvgIpc) is 1.46. The van der Waals surface area contributed by atoms with Crippen molar-refractivity contribution in [1.29, 1.82) is 0 Å². The second-order valence-corrected chi connectivity index (χ2v) is 0.0962. The van der Waals surface area contributed by atoms with Gasteiger partial charge in [0.15, 0.2) is 0 Å². The van der Waals surface area contributed by atoms with Crippen LogP contribution in [0.2, 0.25) is 0 Å². The summed E-state index contributed by atoms with van der Waals surface area (Å²) >= 11 is 0. The molecule has 0 heterocycles. The Morgan fingerprint density at radius 2 is 1.29 bits per heavy atom. The van der Waals surface area contributed by atoms with Gasteiger partial charge in [0.25, 0.3) is 0 Å². The molecule has 0 amide bonds. The van der Waals surface area contributed by atoms with Gasteiger partial charge in [0.1, 0.15) is 0 Å². The SMILES string of the molecule is C[O-].O=C[O-].[Na+].[Na+]. The molecule has 0 aromatic carbocycles. The standard InChI is InChI=1S/CH2O2.CH3O.2Na/c2-1-3;1-2;;/h1H,(H,2,3);1H3;;/q;-1;2*+1/p-1. The maximum Gasteiger partial charge on any atom is 1.00 e. The fraction of sp³-hybridized carbons (Fsp3) is 0.500. The number of hydrogen-bond donors (Lipinski definition) is 0. The van der Waals surface area contributed by atoms with E-state index in [1.165, 1.54) is 0 Å². The molecular weight excluding hydrogens is 118 g/mol. The molecule has 0 radical (unpaired) electrons. The molecule has 0 bridgehead atoms. The normalized spacial score (nSPS) is 2.57. The van der Waals surface area contributed by atoms with Gasteiger partial charge in [-0.25, -0.2) is 0 Å². The van der Waals surface area contributed by atoms with Crippen LogP contribution in [0.4, 0.5) is 0 Å². The molecule has 7 heavy (non-hydrogen) atoms. The summed E-state index contributed by atoms with van der Waals surface area (Å²) in [4.78, 5) is 8.25. The van der Waals surface area contributed by atoms with Crippen molar-refractivity contribution < 1.29 is 74.1 Å². The summed E-state index contributed by atoms with van der Waals surface area (Å²) in [7, 11) is 0.750. The van der Waals surface area contributed by atoms with Gasteiger partial charge in [-0.15, -0.1) is 0 Å². The van der Waals surface area contributed by atoms with Crippen LogP contribution in [0.1, 0.15) is 0 Å². The van der Waals surface area contributed by atoms with Gasteiger partial charge in [0.2, 0.25) is 0 Å². The number of hydrogen-bond acceptors (Lipinski definition) is 3. The summed E-state index contributed by atoms with van der Waals surface area (Å²) in [5, 5.41) is 16.5. The zero-order valence-corrected chi connectivity index (χ0v) is 8.80. The Kier molecular flexibility index (Phi) is 176. The predicted molar refractivity (Wildman–Crippen MR) is 12.0 cm³/mol. The van der Waals surface area contributed by atoms with Crippen molar-refractivity contribution >= 4 is 6.47 Å². The summed E-state index contributed by atoms with van der Waals surface area (Å²) in [5.74, 6) is 0. The van der Waals surface area contributed by atoms with E-state index in [1.807, 2.05) is 0 Å². The van der Waals surface area contributed by atoms with Gasteiger partial charge in [0.05, 0.1) is 0 Å². The Balaban J connectivity index is -0.0000000105. The molecular formula is C2H4Na2O3. The van der Waals surface area contributed by atoms with Crippen molar-refractivity contribution in [3.63, 3.8) is 0 Å². The molecule has 0 fully saturated rings. The Bertz CT molecular complexity index is 18.4. The first-order valence-corrected chi connectivity index (χ1v) is 0.880. The van der Waals surface area contributed by atoms with E-state index >= 15 is 0 Å². The van der Waals surface area contributed by atoms with E-state index in [1.54, 1.807) is 0 Å². The Morgan fingerprint density at radius 3 is 1.29 bits per heavy atom. The third-order valence-corrected chi connectivity index (χ3v) is 0. The number of carbonyl (C=O) groups is 1. The predicted octanol–water partition coefficient (Wildman–Crippen LogP) is -8.65. The van der Waals surface area contributed by atoms with E-state index < -0.39 is 6.47 Å². The molecule has 5 heteroatoms. The second-order valence-electron chi connectivity index (χ2n) is 0.0962. The monoisotopic (exact) mass is 122 g/mol. The molecule has 0 saturated carbocycles. The molecule has 0 rings (SSSR count). The zero-order valence-electron chi connectivity index (χ0n) is 4.80. The largest absolute Gasteiger partial charge is 1.00 e. The molecule has 0 saturated heterocycles. The Labute approximate surface area is 86.7 Å². The van der Waals surface area contributed by atoms with Gasteiger partial charge >= 0.3 is 59.1 Å². The van der Waals surface area contributed by atoms with Crippen molar-refractivity contribution in [3.05, 3.63) is 0 Å². The maximum atomic E-state index is 8.25. The van der Waals surface area contributed by atoms with Crippen LogP contribution in [0, 0.1) is 0 Å². The summed E-state index contributed by atoms with van der Waals surface area (Å²) in [6.45, 7) is -0.500. The Hall–Kier alpha value is 1.43. The fourth-order valence-corrected chi connectivity index (χ4v) is 0. The Morgan fingerprint density at radius 1 is 1.29 bits per heavy atom. The van der Waals surface area contributed by atoms with Gasteiger partial charge in [0, 0.05) is 6.47 Å². The second kappa shape index (κ2) is 52.0. The van der Waals surface area contributed by atoms with Crippen molar-refractivity contribution in [3.8, 4) is 0 Å². The van der Waals surface area contributed by atoms with Gasteiger partial charge < -0.3 is 15.0 Å². The number of carboxylic acid groups (broad SMARTS) is 1. The molecule has 3 nitrogen and oxygen atoms in total. The third-order valence-electron chi connectivity index (χ3n) is 0. The van der Waals surface area contributed by atoms with Crippen LogP contribution >= 0.6 is 0 Å². The molecule has 0 N–H and O–H groups in total. The molecule has 0 aliphatic heterocycles. The van der Waals surface area contributed by atoms with Crippen LogP contribution in [0.3, 0.4) is 0 Å². The van der Waals surface area contributed by atoms with Gasteiger partial charge in [-0.3, -0.25) is 0 Å². The molecule has 0 spiro atoms. The maximum absolute atomic E-state index is 8.25.